The highest BCUT2D eigenvalue weighted by atomic mass is 32.1. The summed E-state index contributed by atoms with van der Waals surface area (Å²) < 4.78 is 1.84. The highest BCUT2D eigenvalue weighted by molar-refractivity contribution is 7.80. The number of likely N-dealkylation sites (tertiary alicyclic amines) is 3. The molecule has 3 saturated heterocycles. The van der Waals surface area contributed by atoms with Crippen molar-refractivity contribution in [3.63, 3.8) is 0 Å². The predicted molar refractivity (Wildman–Crippen MR) is 162 cm³/mol. The Bertz CT molecular complexity index is 1080. The topological polar surface area (TPSA) is 56.6 Å². The molecular weight excluding hydrogens is 504 g/mol. The van der Waals surface area contributed by atoms with Crippen LogP contribution in [0.4, 0.5) is 0 Å². The van der Waals surface area contributed by atoms with Crippen LogP contribution in [0.1, 0.15) is 83.1 Å². The molecule has 0 aliphatic carbocycles. The van der Waals surface area contributed by atoms with Crippen LogP contribution in [0.2, 0.25) is 0 Å². The summed E-state index contributed by atoms with van der Waals surface area (Å²) in [4.78, 5) is 25.2. The highest BCUT2D eigenvalue weighted by Gasteiger charge is 2.34. The van der Waals surface area contributed by atoms with E-state index in [2.05, 4.69) is 63.2 Å². The zero-order chi connectivity index (χ0) is 27.2. The number of hydrogen-bond donors (Lipinski definition) is 1. The maximum absolute atomic E-state index is 13.6. The third-order valence-corrected chi connectivity index (χ3v) is 9.30. The van der Waals surface area contributed by atoms with Crippen molar-refractivity contribution in [3.05, 3.63) is 42.4 Å². The molecule has 1 atom stereocenters. The van der Waals surface area contributed by atoms with Crippen LogP contribution in [0.3, 0.4) is 0 Å². The summed E-state index contributed by atoms with van der Waals surface area (Å²) in [5, 5.41) is 0.692. The van der Waals surface area contributed by atoms with Crippen molar-refractivity contribution in [1.82, 2.24) is 24.4 Å². The number of carbonyl (C=O) groups is 1. The first-order chi connectivity index (χ1) is 19.0. The number of carbonyl (C=O) groups excluding carboxylic acids is 1. The van der Waals surface area contributed by atoms with Gasteiger partial charge in [0.15, 0.2) is 5.11 Å². The monoisotopic (exact) mass is 550 g/mol. The number of hydrogen-bond acceptors (Lipinski definition) is 4. The predicted octanol–water partition coefficient (Wildman–Crippen LogP) is 5.47. The number of benzene rings is 1. The van der Waals surface area contributed by atoms with Gasteiger partial charge in [0.2, 0.25) is 5.91 Å². The van der Waals surface area contributed by atoms with Crippen LogP contribution < -0.4 is 5.43 Å². The quantitative estimate of drug-likeness (QED) is 0.462. The van der Waals surface area contributed by atoms with E-state index in [1.807, 2.05) is 10.9 Å². The van der Waals surface area contributed by atoms with Gasteiger partial charge in [0.05, 0.1) is 11.9 Å². The molecule has 3 fully saturated rings. The minimum absolute atomic E-state index is 0.119. The molecule has 1 aromatic heterocycles. The van der Waals surface area contributed by atoms with Crippen molar-refractivity contribution in [2.45, 2.75) is 83.6 Å². The molecule has 8 heteroatoms. The average Bonchev–Trinajstić information content (AvgIpc) is 3.45. The van der Waals surface area contributed by atoms with Crippen molar-refractivity contribution in [3.8, 4) is 11.3 Å². The number of nitrogens with zero attached hydrogens (tertiary/aromatic N) is 5. The van der Waals surface area contributed by atoms with Crippen LogP contribution in [0, 0.1) is 5.92 Å². The SMILES string of the molecule is CC(C)c1ccc(-c2cn(NC(=S)N3CCC(C(=O)N4CCCCC4CCN4CCCCC4)CC3)cn2)cc1. The third-order valence-electron chi connectivity index (χ3n) is 8.95. The average molecular weight is 551 g/mol. The van der Waals surface area contributed by atoms with Crippen molar-refractivity contribution >= 4 is 23.2 Å². The lowest BCUT2D eigenvalue weighted by molar-refractivity contribution is -0.140. The van der Waals surface area contributed by atoms with Crippen LogP contribution in [-0.2, 0) is 4.79 Å². The molecule has 212 valence electrons. The lowest BCUT2D eigenvalue weighted by Gasteiger charge is -2.41. The molecule has 0 radical (unpaired) electrons. The Morgan fingerprint density at radius 1 is 0.974 bits per heavy atom. The summed E-state index contributed by atoms with van der Waals surface area (Å²) in [6.07, 6.45) is 14.2. The zero-order valence-electron chi connectivity index (χ0n) is 23.9. The van der Waals surface area contributed by atoms with Crippen LogP contribution in [0.15, 0.2) is 36.8 Å². The van der Waals surface area contributed by atoms with E-state index in [4.69, 9.17) is 12.2 Å². The van der Waals surface area contributed by atoms with Gasteiger partial charge in [0.25, 0.3) is 0 Å². The van der Waals surface area contributed by atoms with E-state index in [1.165, 1.54) is 50.8 Å². The summed E-state index contributed by atoms with van der Waals surface area (Å²) in [5.74, 6) is 1.02. The molecule has 3 aliphatic heterocycles. The van der Waals surface area contributed by atoms with E-state index in [-0.39, 0.29) is 5.92 Å². The molecule has 1 amide bonds. The number of imidazole rings is 1. The normalized spacial score (nSPS) is 21.4. The number of nitrogens with one attached hydrogen (secondary N) is 1. The first-order valence-electron chi connectivity index (χ1n) is 15.2. The molecule has 4 heterocycles. The van der Waals surface area contributed by atoms with E-state index in [0.29, 0.717) is 23.0 Å². The Hall–Kier alpha value is -2.45. The van der Waals surface area contributed by atoms with Gasteiger partial charge in [-0.25, -0.2) is 9.66 Å². The summed E-state index contributed by atoms with van der Waals surface area (Å²) in [5.41, 5.74) is 6.64. The smallest absolute Gasteiger partial charge is 0.226 e. The minimum Gasteiger partial charge on any atom is -0.348 e. The fraction of sp³-hybridized carbons (Fsp3) is 0.645. The molecule has 1 N–H and O–H groups in total. The number of thiocarbonyl (C=S) groups is 1. The zero-order valence-corrected chi connectivity index (χ0v) is 24.7. The van der Waals surface area contributed by atoms with Crippen LogP contribution >= 0.6 is 12.2 Å². The Morgan fingerprint density at radius 2 is 1.69 bits per heavy atom. The molecule has 0 spiro atoms. The lowest BCUT2D eigenvalue weighted by Crippen LogP contribution is -2.51. The number of rotatable bonds is 7. The van der Waals surface area contributed by atoms with Crippen molar-refractivity contribution in [1.29, 1.82) is 0 Å². The summed E-state index contributed by atoms with van der Waals surface area (Å²) in [7, 11) is 0. The maximum Gasteiger partial charge on any atom is 0.226 e. The maximum atomic E-state index is 13.6. The fourth-order valence-corrected chi connectivity index (χ4v) is 6.71. The Labute approximate surface area is 239 Å². The van der Waals surface area contributed by atoms with Gasteiger partial charge in [-0.3, -0.25) is 10.2 Å². The van der Waals surface area contributed by atoms with Gasteiger partial charge in [0, 0.05) is 43.7 Å². The molecule has 3 aliphatic rings. The second-order valence-electron chi connectivity index (χ2n) is 12.0. The highest BCUT2D eigenvalue weighted by Crippen LogP contribution is 2.27. The van der Waals surface area contributed by atoms with E-state index < -0.39 is 0 Å². The lowest BCUT2D eigenvalue weighted by atomic mass is 9.91. The minimum atomic E-state index is 0.119. The molecular formula is C31H46N6OS. The van der Waals surface area contributed by atoms with Crippen LogP contribution in [-0.4, -0.2) is 80.7 Å². The van der Waals surface area contributed by atoms with Gasteiger partial charge < -0.3 is 14.7 Å². The molecule has 39 heavy (non-hydrogen) atoms. The van der Waals surface area contributed by atoms with Gasteiger partial charge in [-0.1, -0.05) is 44.5 Å². The van der Waals surface area contributed by atoms with Gasteiger partial charge in [-0.15, -0.1) is 0 Å². The van der Waals surface area contributed by atoms with Crippen molar-refractivity contribution in [2.75, 3.05) is 44.7 Å². The first-order valence-corrected chi connectivity index (χ1v) is 15.6. The van der Waals surface area contributed by atoms with Gasteiger partial charge in [0.1, 0.15) is 6.33 Å². The molecule has 5 rings (SSSR count). The van der Waals surface area contributed by atoms with Crippen LogP contribution in [0.25, 0.3) is 11.3 Å². The number of aromatic nitrogens is 2. The molecule has 0 saturated carbocycles. The fourth-order valence-electron chi connectivity index (χ4n) is 6.42. The number of amides is 1. The summed E-state index contributed by atoms with van der Waals surface area (Å²) in [6.45, 7) is 10.6. The van der Waals surface area contributed by atoms with Gasteiger partial charge in [-0.2, -0.15) is 0 Å². The molecule has 0 bridgehead atoms. The van der Waals surface area contributed by atoms with E-state index >= 15 is 0 Å². The largest absolute Gasteiger partial charge is 0.348 e. The van der Waals surface area contributed by atoms with E-state index in [9.17, 15) is 4.79 Å². The first kappa shape index (κ1) is 28.1. The standard InChI is InChI=1S/C31H46N6OS/c1-24(2)25-9-11-26(12-10-25)29-22-36(23-32-29)33-31(39)35-20-13-27(14-21-35)30(38)37-18-7-4-8-28(37)15-19-34-16-5-3-6-17-34/h9-12,22-24,27-28H,3-8,13-21H2,1-2H3,(H,33,39). The molecule has 1 unspecified atom stereocenters. The van der Waals surface area contributed by atoms with E-state index in [1.54, 1.807) is 6.33 Å². The summed E-state index contributed by atoms with van der Waals surface area (Å²) in [6, 6.07) is 9.02. The van der Waals surface area contributed by atoms with Crippen molar-refractivity contribution in [2.24, 2.45) is 5.92 Å². The van der Waals surface area contributed by atoms with E-state index in [0.717, 1.165) is 63.1 Å². The molecule has 1 aromatic carbocycles. The Kier molecular flexibility index (Phi) is 9.56. The van der Waals surface area contributed by atoms with Gasteiger partial charge in [-0.05, 0) is 88.2 Å². The van der Waals surface area contributed by atoms with Crippen molar-refractivity contribution < 1.29 is 4.79 Å². The van der Waals surface area contributed by atoms with Gasteiger partial charge >= 0.3 is 0 Å². The van der Waals surface area contributed by atoms with Crippen LogP contribution in [0.5, 0.6) is 0 Å². The molecule has 7 nitrogen and oxygen atoms in total. The third kappa shape index (κ3) is 7.20. The number of piperidine rings is 3. The summed E-state index contributed by atoms with van der Waals surface area (Å²) >= 11 is 5.74. The Balaban J connectivity index is 1.10. The molecule has 2 aromatic rings. The second-order valence-corrected chi connectivity index (χ2v) is 12.4. The second kappa shape index (κ2) is 13.3. The Morgan fingerprint density at radius 3 is 2.41 bits per heavy atom.